The summed E-state index contributed by atoms with van der Waals surface area (Å²) in [7, 11) is 0. The van der Waals surface area contributed by atoms with Gasteiger partial charge >= 0.3 is 24.3 Å². The molecule has 246 valence electrons. The first-order valence-corrected chi connectivity index (χ1v) is 11.2. The Labute approximate surface area is 234 Å². The van der Waals surface area contributed by atoms with Crippen LogP contribution in [0.1, 0.15) is 17.2 Å². The van der Waals surface area contributed by atoms with Crippen molar-refractivity contribution >= 4 is 5.78 Å². The van der Waals surface area contributed by atoms with Gasteiger partial charge in [0.25, 0.3) is 5.60 Å². The van der Waals surface area contributed by atoms with Crippen molar-refractivity contribution in [1.82, 2.24) is 4.90 Å². The third-order valence-corrected chi connectivity index (χ3v) is 6.84. The summed E-state index contributed by atoms with van der Waals surface area (Å²) in [5.41, 5.74) is -11.8. The van der Waals surface area contributed by atoms with Gasteiger partial charge in [0.2, 0.25) is 28.9 Å². The van der Waals surface area contributed by atoms with Gasteiger partial charge in [-0.3, -0.25) is 9.69 Å². The lowest BCUT2D eigenvalue weighted by Crippen LogP contribution is -2.88. The molecule has 2 atom stereocenters. The van der Waals surface area contributed by atoms with E-state index in [4.69, 9.17) is 15.3 Å². The molecule has 1 aromatic rings. The fourth-order valence-corrected chi connectivity index (χ4v) is 5.00. The topological polar surface area (TPSA) is 443 Å². The number of aromatic hydroxyl groups is 2. The van der Waals surface area contributed by atoms with Gasteiger partial charge in [-0.1, -0.05) is 0 Å². The molecule has 0 spiro atoms. The molecule has 0 saturated carbocycles. The fraction of sp³-hybridized carbons (Fsp3) is 0.632. The summed E-state index contributed by atoms with van der Waals surface area (Å²) in [6.45, 7) is -2.64. The Morgan fingerprint density at radius 1 is 0.698 bits per heavy atom. The lowest BCUT2D eigenvalue weighted by molar-refractivity contribution is -0.553. The number of piperidine rings is 1. The summed E-state index contributed by atoms with van der Waals surface area (Å²) < 4.78 is 8.31. The van der Waals surface area contributed by atoms with Crippen molar-refractivity contribution in [2.75, 3.05) is 13.1 Å². The number of Topliss-reactive ketones (excluding diaryl/α,β-unsaturated/α-hetero) is 1. The minimum Gasteiger partial charge on any atom is -0.504 e. The van der Waals surface area contributed by atoms with Gasteiger partial charge in [0.15, 0.2) is 17.1 Å². The summed E-state index contributed by atoms with van der Waals surface area (Å²) in [4.78, 5) is 13.6. The quantitative estimate of drug-likeness (QED) is 0.0928. The number of phenolic OH excluding ortho intramolecular Hbond substituents is 2. The molecule has 20 N–H and O–H groups in total. The molecule has 2 heterocycles. The molecule has 0 bridgehead atoms. The number of hydrogen-bond donors (Lipinski definition) is 20. The van der Waals surface area contributed by atoms with Gasteiger partial charge in [0.1, 0.15) is 6.04 Å². The Bertz CT molecular complexity index is 1270. The van der Waals surface area contributed by atoms with Gasteiger partial charge in [-0.15, -0.1) is 0 Å². The second-order valence-corrected chi connectivity index (χ2v) is 9.79. The lowest BCUT2D eigenvalue weighted by atomic mass is 9.67. The first kappa shape index (κ1) is 34.8. The van der Waals surface area contributed by atoms with Crippen LogP contribution in [0.5, 0.6) is 23.0 Å². The van der Waals surface area contributed by atoms with Gasteiger partial charge in [0, 0.05) is 24.2 Å². The maximum atomic E-state index is 13.2. The van der Waals surface area contributed by atoms with E-state index in [9.17, 15) is 91.6 Å². The Morgan fingerprint density at radius 2 is 1.12 bits per heavy atom. The largest absolute Gasteiger partial charge is 0.504 e. The van der Waals surface area contributed by atoms with Crippen LogP contribution in [0.3, 0.4) is 0 Å². The molecule has 0 aliphatic carbocycles. The highest BCUT2D eigenvalue weighted by atomic mass is 16.9. The number of ether oxygens (including phenoxy) is 2. The van der Waals surface area contributed by atoms with Gasteiger partial charge in [0.05, 0.1) is 0 Å². The molecular formula is C19H27NO23. The monoisotopic (exact) mass is 637 g/mol. The molecule has 2 aliphatic rings. The van der Waals surface area contributed by atoms with E-state index in [1.165, 1.54) is 0 Å². The van der Waals surface area contributed by atoms with Crippen molar-refractivity contribution in [3.8, 4) is 23.0 Å². The maximum absolute atomic E-state index is 13.2. The molecular weight excluding hydrogens is 610 g/mol. The van der Waals surface area contributed by atoms with Gasteiger partial charge in [-0.25, -0.2) is 0 Å². The van der Waals surface area contributed by atoms with Gasteiger partial charge in [-0.2, -0.15) is 0 Å². The molecule has 1 fully saturated rings. The minimum absolute atomic E-state index is 0.370. The number of aliphatic hydroxyl groups is 18. The third-order valence-electron chi connectivity index (χ3n) is 6.84. The molecule has 0 amide bonds. The van der Waals surface area contributed by atoms with Crippen LogP contribution in [-0.4, -0.2) is 173 Å². The number of phenols is 2. The molecule has 0 aromatic heterocycles. The van der Waals surface area contributed by atoms with Crippen LogP contribution in [0.2, 0.25) is 0 Å². The lowest BCUT2D eigenvalue weighted by Gasteiger charge is -2.58. The van der Waals surface area contributed by atoms with Crippen molar-refractivity contribution in [2.24, 2.45) is 0 Å². The van der Waals surface area contributed by atoms with E-state index >= 15 is 0 Å². The summed E-state index contributed by atoms with van der Waals surface area (Å²) in [6, 6.07) is -2.59. The van der Waals surface area contributed by atoms with Crippen LogP contribution in [0, 0.1) is 0 Å². The van der Waals surface area contributed by atoms with Crippen molar-refractivity contribution in [1.29, 1.82) is 0 Å². The first-order valence-electron chi connectivity index (χ1n) is 11.2. The molecule has 3 rings (SSSR count). The molecule has 24 nitrogen and oxygen atoms in total. The van der Waals surface area contributed by atoms with Crippen molar-refractivity contribution in [2.45, 2.75) is 59.5 Å². The van der Waals surface area contributed by atoms with Crippen LogP contribution in [0.4, 0.5) is 0 Å². The van der Waals surface area contributed by atoms with E-state index in [0.29, 0.717) is 4.90 Å². The summed E-state index contributed by atoms with van der Waals surface area (Å²) in [6.07, 6.45) is -9.28. The van der Waals surface area contributed by atoms with Crippen LogP contribution in [0.25, 0.3) is 0 Å². The Kier molecular flexibility index (Phi) is 7.82. The van der Waals surface area contributed by atoms with E-state index in [1.807, 2.05) is 0 Å². The molecule has 24 heteroatoms. The van der Waals surface area contributed by atoms with Crippen LogP contribution in [-0.2, 0) is 11.2 Å². The van der Waals surface area contributed by atoms with Crippen LogP contribution in [0.15, 0.2) is 0 Å². The minimum atomic E-state index is -5.40. The molecule has 1 saturated heterocycles. The van der Waals surface area contributed by atoms with E-state index in [-0.39, 0.29) is 0 Å². The van der Waals surface area contributed by atoms with E-state index in [0.717, 1.165) is 0 Å². The van der Waals surface area contributed by atoms with Crippen molar-refractivity contribution in [3.63, 3.8) is 0 Å². The molecule has 2 unspecified atom stereocenters. The highest BCUT2D eigenvalue weighted by Crippen LogP contribution is 2.58. The zero-order valence-electron chi connectivity index (χ0n) is 20.8. The number of nitrogens with zero attached hydrogens (tertiary/aromatic N) is 1. The van der Waals surface area contributed by atoms with Gasteiger partial charge in [-0.05, 0) is 6.42 Å². The second-order valence-electron chi connectivity index (χ2n) is 9.79. The molecule has 0 radical (unpaired) electrons. The highest BCUT2D eigenvalue weighted by Gasteiger charge is 2.83. The molecule has 43 heavy (non-hydrogen) atoms. The summed E-state index contributed by atoms with van der Waals surface area (Å²) >= 11 is 0. The number of rotatable bonds is 8. The molecule has 2 aliphatic heterocycles. The van der Waals surface area contributed by atoms with E-state index < -0.39 is 113 Å². The van der Waals surface area contributed by atoms with E-state index in [2.05, 4.69) is 9.47 Å². The Balaban J connectivity index is 2.31. The maximum Gasteiger partial charge on any atom is 0.453 e. The predicted molar refractivity (Wildman–Crippen MR) is 116 cm³/mol. The molecule has 1 aromatic carbocycles. The predicted octanol–water partition coefficient (Wildman–Crippen LogP) is -11.4. The normalized spacial score (nSPS) is 24.0. The average Bonchev–Trinajstić information content (AvgIpc) is 2.79. The number of ketones is 1. The smallest absolute Gasteiger partial charge is 0.453 e. The van der Waals surface area contributed by atoms with Crippen molar-refractivity contribution < 1.29 is 116 Å². The van der Waals surface area contributed by atoms with Crippen molar-refractivity contribution in [3.05, 3.63) is 11.1 Å². The first-order chi connectivity index (χ1) is 18.9. The highest BCUT2D eigenvalue weighted by molar-refractivity contribution is 5.96. The number of carbonyl (C=O) groups is 1. The van der Waals surface area contributed by atoms with Crippen LogP contribution < -0.4 is 9.47 Å². The van der Waals surface area contributed by atoms with Crippen LogP contribution >= 0.6 is 0 Å². The number of fused-ring (bicyclic) bond motifs is 3. The zero-order valence-corrected chi connectivity index (χ0v) is 20.8. The average molecular weight is 637 g/mol. The second kappa shape index (κ2) is 9.66. The van der Waals surface area contributed by atoms with E-state index in [1.54, 1.807) is 0 Å². The van der Waals surface area contributed by atoms with Gasteiger partial charge < -0.3 is 112 Å². The Hall–Kier alpha value is -2.67. The standard InChI is InChI=1S/C19H27NO23/c21-6-4-1-2-20-3-12(24,15(28,29)14(27,16(30,31)32)17(33,34)35)11(23)13(25,26)10(20)5(4)7(22)9(43-19(39,40)41)8(6)42-18(36,37)38/h10,21-22,24-41H,1-3H2. The fourth-order valence-electron chi connectivity index (χ4n) is 5.00. The Morgan fingerprint density at radius 3 is 1.51 bits per heavy atom. The number of carbonyl (C=O) groups excluding carboxylic acids is 1. The SMILES string of the molecule is O=C1C(O)(O)C2c3c(O)c(OC(O)(O)O)c(OC(O)(O)O)c(O)c3CCN2CC1(O)C(O)(O)C(O)(C(O)(O)O)C(O)(O)O. The number of hydrogen-bond acceptors (Lipinski definition) is 24. The summed E-state index contributed by atoms with van der Waals surface area (Å²) in [5.74, 6) is -29.3. The zero-order chi connectivity index (χ0) is 33.7. The summed E-state index contributed by atoms with van der Waals surface area (Å²) in [5, 5.41) is 197. The third kappa shape index (κ3) is 5.13. The number of benzene rings is 1.